The number of aromatic hydroxyl groups is 1. The van der Waals surface area contributed by atoms with Gasteiger partial charge in [0.15, 0.2) is 5.11 Å². The second kappa shape index (κ2) is 9.48. The molecule has 3 N–H and O–H groups in total. The monoisotopic (exact) mass is 389 g/mol. The highest BCUT2D eigenvalue weighted by atomic mass is 32.1. The zero-order chi connectivity index (χ0) is 19.8. The number of nitrogens with one attached hydrogen (secondary N) is 2. The van der Waals surface area contributed by atoms with Gasteiger partial charge in [0.1, 0.15) is 11.5 Å². The van der Waals surface area contributed by atoms with Gasteiger partial charge in [-0.05, 0) is 36.8 Å². The Balaban J connectivity index is 2.04. The molecule has 0 aliphatic carbocycles. The van der Waals surface area contributed by atoms with Crippen molar-refractivity contribution in [1.29, 1.82) is 0 Å². The van der Waals surface area contributed by atoms with E-state index in [1.807, 2.05) is 6.92 Å². The number of thiocarbonyl (C=S) groups is 1. The number of carbonyl (C=O) groups excluding carboxylic acids is 1. The number of anilines is 1. The summed E-state index contributed by atoms with van der Waals surface area (Å²) in [7, 11) is 0. The molecule has 8 nitrogen and oxygen atoms in total. The number of nitrogens with zero attached hydrogens (tertiary/aromatic N) is 1. The lowest BCUT2D eigenvalue weighted by Crippen LogP contribution is -2.34. The van der Waals surface area contributed by atoms with Gasteiger partial charge in [0.05, 0.1) is 28.8 Å². The number of hydrogen-bond acceptors (Lipinski definition) is 6. The zero-order valence-electron chi connectivity index (χ0n) is 14.6. The lowest BCUT2D eigenvalue weighted by Gasteiger charge is -2.13. The van der Waals surface area contributed by atoms with Crippen LogP contribution in [0.5, 0.6) is 11.5 Å². The van der Waals surface area contributed by atoms with E-state index < -0.39 is 10.8 Å². The highest BCUT2D eigenvalue weighted by Gasteiger charge is 2.15. The molecule has 0 saturated heterocycles. The largest absolute Gasteiger partial charge is 0.506 e. The van der Waals surface area contributed by atoms with Gasteiger partial charge in [-0.25, -0.2) is 0 Å². The Morgan fingerprint density at radius 1 is 1.30 bits per heavy atom. The number of phenols is 1. The molecule has 1 amide bonds. The minimum atomic E-state index is -0.626. The Bertz CT molecular complexity index is 857. The number of amides is 1. The van der Waals surface area contributed by atoms with Crippen LogP contribution >= 0.6 is 12.2 Å². The standard InChI is InChI=1S/C18H19N3O5S/c1-2-3-10-26-16-7-5-4-6-13(16)17(23)20-18(27)19-14-9-8-12(21(24)25)11-15(14)22/h4-9,11,22H,2-3,10H2,1H3,(H2,19,20,23,27). The molecule has 0 aromatic heterocycles. The number of ether oxygens (including phenoxy) is 1. The van der Waals surface area contributed by atoms with Crippen molar-refractivity contribution in [3.8, 4) is 11.5 Å². The molecule has 0 atom stereocenters. The molecular formula is C18H19N3O5S. The van der Waals surface area contributed by atoms with Crippen LogP contribution in [0.4, 0.5) is 11.4 Å². The number of unbranched alkanes of at least 4 members (excludes halogenated alkanes) is 1. The van der Waals surface area contributed by atoms with Crippen molar-refractivity contribution >= 4 is 34.6 Å². The number of carbonyl (C=O) groups is 1. The third-order valence-electron chi connectivity index (χ3n) is 3.55. The van der Waals surface area contributed by atoms with Crippen molar-refractivity contribution in [3.63, 3.8) is 0 Å². The molecule has 0 unspecified atom stereocenters. The van der Waals surface area contributed by atoms with Crippen molar-refractivity contribution in [2.75, 3.05) is 11.9 Å². The molecule has 0 heterocycles. The first-order valence-corrected chi connectivity index (χ1v) is 8.64. The van der Waals surface area contributed by atoms with Crippen LogP contribution in [0.3, 0.4) is 0 Å². The Kier molecular flexibility index (Phi) is 7.07. The molecule has 0 fully saturated rings. The van der Waals surface area contributed by atoms with Gasteiger partial charge in [-0.1, -0.05) is 25.5 Å². The van der Waals surface area contributed by atoms with E-state index in [9.17, 15) is 20.0 Å². The summed E-state index contributed by atoms with van der Waals surface area (Å²) < 4.78 is 5.62. The van der Waals surface area contributed by atoms with Crippen LogP contribution in [-0.4, -0.2) is 27.7 Å². The summed E-state index contributed by atoms with van der Waals surface area (Å²) in [5.74, 6) is -0.380. The first kappa shape index (κ1) is 20.1. The van der Waals surface area contributed by atoms with Crippen LogP contribution in [0.25, 0.3) is 0 Å². The smallest absolute Gasteiger partial charge is 0.273 e. The minimum absolute atomic E-state index is 0.0625. The fourth-order valence-corrected chi connectivity index (χ4v) is 2.37. The number of rotatable bonds is 7. The summed E-state index contributed by atoms with van der Waals surface area (Å²) in [6.45, 7) is 2.54. The predicted octanol–water partition coefficient (Wildman–Crippen LogP) is 3.61. The van der Waals surface area contributed by atoms with Gasteiger partial charge in [-0.15, -0.1) is 0 Å². The third kappa shape index (κ3) is 5.65. The molecular weight excluding hydrogens is 370 g/mol. The van der Waals surface area contributed by atoms with E-state index in [0.717, 1.165) is 18.9 Å². The number of nitro groups is 1. The molecule has 0 aliphatic rings. The van der Waals surface area contributed by atoms with Crippen molar-refractivity contribution in [2.45, 2.75) is 19.8 Å². The summed E-state index contributed by atoms with van der Waals surface area (Å²) in [6, 6.07) is 10.3. The zero-order valence-corrected chi connectivity index (χ0v) is 15.4. The van der Waals surface area contributed by atoms with Gasteiger partial charge < -0.3 is 15.2 Å². The molecule has 9 heteroatoms. The molecule has 0 saturated carbocycles. The molecule has 0 bridgehead atoms. The van der Waals surface area contributed by atoms with Crippen LogP contribution in [0.15, 0.2) is 42.5 Å². The number of para-hydroxylation sites is 1. The normalized spacial score (nSPS) is 10.1. The van der Waals surface area contributed by atoms with Gasteiger partial charge in [0, 0.05) is 6.07 Å². The Morgan fingerprint density at radius 2 is 2.04 bits per heavy atom. The summed E-state index contributed by atoms with van der Waals surface area (Å²) in [4.78, 5) is 22.5. The highest BCUT2D eigenvalue weighted by Crippen LogP contribution is 2.27. The van der Waals surface area contributed by atoms with Crippen LogP contribution in [-0.2, 0) is 0 Å². The van der Waals surface area contributed by atoms with E-state index in [1.54, 1.807) is 24.3 Å². The van der Waals surface area contributed by atoms with E-state index in [1.165, 1.54) is 12.1 Å². The Labute approximate surface area is 161 Å². The van der Waals surface area contributed by atoms with Crippen molar-refractivity contribution in [2.24, 2.45) is 0 Å². The van der Waals surface area contributed by atoms with Crippen molar-refractivity contribution < 1.29 is 19.6 Å². The van der Waals surface area contributed by atoms with Gasteiger partial charge in [-0.2, -0.15) is 0 Å². The fourth-order valence-electron chi connectivity index (χ4n) is 2.17. The molecule has 0 spiro atoms. The van der Waals surface area contributed by atoms with Gasteiger partial charge in [-0.3, -0.25) is 20.2 Å². The average molecular weight is 389 g/mol. The Morgan fingerprint density at radius 3 is 2.70 bits per heavy atom. The van der Waals surface area contributed by atoms with E-state index in [4.69, 9.17) is 17.0 Å². The topological polar surface area (TPSA) is 114 Å². The molecule has 142 valence electrons. The van der Waals surface area contributed by atoms with E-state index in [0.29, 0.717) is 17.9 Å². The van der Waals surface area contributed by atoms with E-state index in [-0.39, 0.29) is 22.2 Å². The van der Waals surface area contributed by atoms with Crippen molar-refractivity contribution in [1.82, 2.24) is 5.32 Å². The summed E-state index contributed by atoms with van der Waals surface area (Å²) in [5, 5.41) is 25.6. The van der Waals surface area contributed by atoms with Crippen LogP contribution in [0, 0.1) is 10.1 Å². The van der Waals surface area contributed by atoms with Gasteiger partial charge >= 0.3 is 0 Å². The lowest BCUT2D eigenvalue weighted by atomic mass is 10.2. The second-order valence-corrected chi connectivity index (χ2v) is 5.97. The molecule has 0 radical (unpaired) electrons. The summed E-state index contributed by atoms with van der Waals surface area (Å²) in [6.07, 6.45) is 1.84. The number of nitro benzene ring substituents is 1. The molecule has 27 heavy (non-hydrogen) atoms. The fraction of sp³-hybridized carbons (Fsp3) is 0.222. The third-order valence-corrected chi connectivity index (χ3v) is 3.76. The quantitative estimate of drug-likeness (QED) is 0.218. The SMILES string of the molecule is CCCCOc1ccccc1C(=O)NC(=S)Nc1ccc([N+](=O)[O-])cc1O. The highest BCUT2D eigenvalue weighted by molar-refractivity contribution is 7.80. The molecule has 2 rings (SSSR count). The van der Waals surface area contributed by atoms with Crippen LogP contribution in [0.1, 0.15) is 30.1 Å². The summed E-state index contributed by atoms with van der Waals surface area (Å²) >= 11 is 5.08. The molecule has 0 aliphatic heterocycles. The van der Waals surface area contributed by atoms with Crippen LogP contribution < -0.4 is 15.4 Å². The summed E-state index contributed by atoms with van der Waals surface area (Å²) in [5.41, 5.74) is 0.204. The van der Waals surface area contributed by atoms with Gasteiger partial charge in [0.2, 0.25) is 0 Å². The number of non-ortho nitro benzene ring substituents is 1. The number of phenolic OH excluding ortho intramolecular Hbond substituents is 1. The lowest BCUT2D eigenvalue weighted by molar-refractivity contribution is -0.384. The maximum atomic E-state index is 12.5. The average Bonchev–Trinajstić information content (AvgIpc) is 2.63. The number of hydrogen-bond donors (Lipinski definition) is 3. The van der Waals surface area contributed by atoms with Crippen LogP contribution in [0.2, 0.25) is 0 Å². The maximum Gasteiger partial charge on any atom is 0.273 e. The van der Waals surface area contributed by atoms with Gasteiger partial charge in [0.25, 0.3) is 11.6 Å². The van der Waals surface area contributed by atoms with Crippen molar-refractivity contribution in [3.05, 3.63) is 58.1 Å². The maximum absolute atomic E-state index is 12.5. The molecule has 2 aromatic carbocycles. The first-order chi connectivity index (χ1) is 12.9. The first-order valence-electron chi connectivity index (χ1n) is 8.24. The second-order valence-electron chi connectivity index (χ2n) is 5.56. The minimum Gasteiger partial charge on any atom is -0.506 e. The van der Waals surface area contributed by atoms with E-state index >= 15 is 0 Å². The molecule has 2 aromatic rings. The Hall–Kier alpha value is -3.20. The van der Waals surface area contributed by atoms with E-state index in [2.05, 4.69) is 10.6 Å². The number of benzene rings is 2. The predicted molar refractivity (Wildman–Crippen MR) is 105 cm³/mol.